The molecule has 1 aromatic carbocycles. The maximum atomic E-state index is 13.0. The van der Waals surface area contributed by atoms with Crippen molar-refractivity contribution in [3.63, 3.8) is 0 Å². The number of nitrogens with one attached hydrogen (secondary N) is 1. The van der Waals surface area contributed by atoms with E-state index >= 15 is 0 Å². The molecular weight excluding hydrogens is 233 g/mol. The molecule has 2 rings (SSSR count). The van der Waals surface area contributed by atoms with Crippen LogP contribution in [0.15, 0.2) is 36.4 Å². The van der Waals surface area contributed by atoms with Gasteiger partial charge in [-0.1, -0.05) is 18.2 Å². The molecule has 1 aliphatic carbocycles. The minimum atomic E-state index is -0.971. The number of hydrogen-bond donors (Lipinski definition) is 2. The Morgan fingerprint density at radius 1 is 1.50 bits per heavy atom. The van der Waals surface area contributed by atoms with Gasteiger partial charge in [0.1, 0.15) is 5.82 Å². The van der Waals surface area contributed by atoms with E-state index in [0.29, 0.717) is 6.42 Å². The molecule has 2 N–H and O–H groups in total. The van der Waals surface area contributed by atoms with Crippen molar-refractivity contribution in [2.24, 2.45) is 0 Å². The summed E-state index contributed by atoms with van der Waals surface area (Å²) in [5, 5.41) is 12.8. The minimum absolute atomic E-state index is 0.152. The van der Waals surface area contributed by atoms with Gasteiger partial charge in [0, 0.05) is 5.56 Å². The predicted molar refractivity (Wildman–Crippen MR) is 66.7 cm³/mol. The standard InChI is InChI=1S/C14H16FNO2/c15-12-6-4-5-11(9-12)13(17)16-10-14(18)7-2-1-3-8-14/h2,4-7,9,18H,1,3,8,10H2,(H,16,17)/t14-/m1/s1. The van der Waals surface area contributed by atoms with Gasteiger partial charge in [0.05, 0.1) is 12.1 Å². The van der Waals surface area contributed by atoms with Crippen LogP contribution < -0.4 is 5.32 Å². The molecular formula is C14H16FNO2. The first-order chi connectivity index (χ1) is 8.59. The summed E-state index contributed by atoms with van der Waals surface area (Å²) in [6.45, 7) is 0.152. The van der Waals surface area contributed by atoms with Crippen molar-refractivity contribution in [1.29, 1.82) is 0 Å². The van der Waals surface area contributed by atoms with Crippen molar-refractivity contribution in [2.75, 3.05) is 6.54 Å². The highest BCUT2D eigenvalue weighted by Crippen LogP contribution is 2.21. The van der Waals surface area contributed by atoms with E-state index in [2.05, 4.69) is 5.32 Å². The lowest BCUT2D eigenvalue weighted by Crippen LogP contribution is -2.42. The van der Waals surface area contributed by atoms with Gasteiger partial charge in [-0.05, 0) is 37.5 Å². The van der Waals surface area contributed by atoms with Crippen molar-refractivity contribution in [3.05, 3.63) is 47.8 Å². The number of carbonyl (C=O) groups excluding carboxylic acids is 1. The average molecular weight is 249 g/mol. The van der Waals surface area contributed by atoms with Crippen molar-refractivity contribution in [1.82, 2.24) is 5.32 Å². The van der Waals surface area contributed by atoms with Crippen LogP contribution >= 0.6 is 0 Å². The number of carbonyl (C=O) groups is 1. The average Bonchev–Trinajstić information content (AvgIpc) is 2.37. The molecule has 0 aromatic heterocycles. The fourth-order valence-electron chi connectivity index (χ4n) is 2.02. The molecule has 18 heavy (non-hydrogen) atoms. The van der Waals surface area contributed by atoms with Crippen molar-refractivity contribution in [3.8, 4) is 0 Å². The Hall–Kier alpha value is -1.68. The van der Waals surface area contributed by atoms with Crippen LogP contribution in [0.25, 0.3) is 0 Å². The van der Waals surface area contributed by atoms with Crippen LogP contribution in [0.4, 0.5) is 4.39 Å². The van der Waals surface area contributed by atoms with Gasteiger partial charge in [-0.25, -0.2) is 4.39 Å². The van der Waals surface area contributed by atoms with Crippen LogP contribution in [0.1, 0.15) is 29.6 Å². The third-order valence-corrected chi connectivity index (χ3v) is 3.05. The summed E-state index contributed by atoms with van der Waals surface area (Å²) >= 11 is 0. The predicted octanol–water partition coefficient (Wildman–Crippen LogP) is 2.03. The van der Waals surface area contributed by atoms with E-state index in [1.807, 2.05) is 6.08 Å². The summed E-state index contributed by atoms with van der Waals surface area (Å²) in [7, 11) is 0. The molecule has 1 aliphatic rings. The van der Waals surface area contributed by atoms with Gasteiger partial charge < -0.3 is 10.4 Å². The van der Waals surface area contributed by atoms with Gasteiger partial charge in [0.2, 0.25) is 0 Å². The van der Waals surface area contributed by atoms with Crippen LogP contribution in [0, 0.1) is 5.82 Å². The lowest BCUT2D eigenvalue weighted by Gasteiger charge is -2.27. The van der Waals surface area contributed by atoms with Crippen LogP contribution in [0.2, 0.25) is 0 Å². The van der Waals surface area contributed by atoms with Gasteiger partial charge in [-0.2, -0.15) is 0 Å². The van der Waals surface area contributed by atoms with Crippen molar-refractivity contribution >= 4 is 5.91 Å². The molecule has 0 aliphatic heterocycles. The van der Waals surface area contributed by atoms with Crippen LogP contribution in [-0.4, -0.2) is 23.2 Å². The highest BCUT2D eigenvalue weighted by molar-refractivity contribution is 5.94. The zero-order valence-electron chi connectivity index (χ0n) is 10.0. The molecule has 0 radical (unpaired) electrons. The van der Waals surface area contributed by atoms with Gasteiger partial charge in [0.25, 0.3) is 5.91 Å². The second-order valence-electron chi connectivity index (χ2n) is 4.59. The fraction of sp³-hybridized carbons (Fsp3) is 0.357. The van der Waals surface area contributed by atoms with Crippen LogP contribution in [0.3, 0.4) is 0 Å². The summed E-state index contributed by atoms with van der Waals surface area (Å²) in [6.07, 6.45) is 6.14. The number of rotatable bonds is 3. The van der Waals surface area contributed by atoms with Crippen LogP contribution in [-0.2, 0) is 0 Å². The SMILES string of the molecule is O=C(NC[C@@]1(O)C=CCCC1)c1cccc(F)c1. The maximum Gasteiger partial charge on any atom is 0.251 e. The van der Waals surface area contributed by atoms with E-state index in [0.717, 1.165) is 12.8 Å². The molecule has 0 bridgehead atoms. The molecule has 0 saturated carbocycles. The first kappa shape index (κ1) is 12.8. The van der Waals surface area contributed by atoms with Crippen molar-refractivity contribution < 1.29 is 14.3 Å². The Bertz CT molecular complexity index is 473. The summed E-state index contributed by atoms with van der Waals surface area (Å²) in [6, 6.07) is 5.49. The summed E-state index contributed by atoms with van der Waals surface area (Å²) in [5.41, 5.74) is -0.709. The van der Waals surface area contributed by atoms with E-state index in [4.69, 9.17) is 0 Å². The van der Waals surface area contributed by atoms with Crippen molar-refractivity contribution in [2.45, 2.75) is 24.9 Å². The highest BCUT2D eigenvalue weighted by Gasteiger charge is 2.25. The normalized spacial score (nSPS) is 22.8. The number of amides is 1. The fourth-order valence-corrected chi connectivity index (χ4v) is 2.02. The maximum absolute atomic E-state index is 13.0. The molecule has 0 unspecified atom stereocenters. The lowest BCUT2D eigenvalue weighted by molar-refractivity contribution is 0.0660. The summed E-state index contributed by atoms with van der Waals surface area (Å²) < 4.78 is 13.0. The molecule has 96 valence electrons. The second-order valence-corrected chi connectivity index (χ2v) is 4.59. The molecule has 4 heteroatoms. The van der Waals surface area contributed by atoms with E-state index in [1.54, 1.807) is 12.1 Å². The van der Waals surface area contributed by atoms with Gasteiger partial charge >= 0.3 is 0 Å². The van der Waals surface area contributed by atoms with E-state index < -0.39 is 11.4 Å². The second kappa shape index (κ2) is 5.31. The van der Waals surface area contributed by atoms with E-state index in [9.17, 15) is 14.3 Å². The minimum Gasteiger partial charge on any atom is -0.384 e. The van der Waals surface area contributed by atoms with Gasteiger partial charge in [-0.15, -0.1) is 0 Å². The van der Waals surface area contributed by atoms with Crippen LogP contribution in [0.5, 0.6) is 0 Å². The Balaban J connectivity index is 1.96. The Morgan fingerprint density at radius 3 is 3.00 bits per heavy atom. The highest BCUT2D eigenvalue weighted by atomic mass is 19.1. The zero-order valence-corrected chi connectivity index (χ0v) is 10.0. The lowest BCUT2D eigenvalue weighted by atomic mass is 9.91. The molecule has 1 amide bonds. The third-order valence-electron chi connectivity index (χ3n) is 3.05. The van der Waals surface area contributed by atoms with E-state index in [1.165, 1.54) is 18.2 Å². The topological polar surface area (TPSA) is 49.3 Å². The quantitative estimate of drug-likeness (QED) is 0.805. The first-order valence-corrected chi connectivity index (χ1v) is 6.03. The first-order valence-electron chi connectivity index (χ1n) is 6.03. The molecule has 0 heterocycles. The molecule has 0 spiro atoms. The number of benzene rings is 1. The summed E-state index contributed by atoms with van der Waals surface area (Å²) in [4.78, 5) is 11.8. The van der Waals surface area contributed by atoms with Gasteiger partial charge in [-0.3, -0.25) is 4.79 Å². The summed E-state index contributed by atoms with van der Waals surface area (Å²) in [5.74, 6) is -0.819. The number of hydrogen-bond acceptors (Lipinski definition) is 2. The van der Waals surface area contributed by atoms with Gasteiger partial charge in [0.15, 0.2) is 0 Å². The Labute approximate surface area is 105 Å². The zero-order chi connectivity index (χ0) is 13.0. The Kier molecular flexibility index (Phi) is 3.77. The molecule has 1 aromatic rings. The molecule has 0 fully saturated rings. The number of aliphatic hydroxyl groups is 1. The molecule has 1 atom stereocenters. The third kappa shape index (κ3) is 3.17. The molecule has 3 nitrogen and oxygen atoms in total. The van der Waals surface area contributed by atoms with E-state index in [-0.39, 0.29) is 18.0 Å². The Morgan fingerprint density at radius 2 is 2.33 bits per heavy atom. The smallest absolute Gasteiger partial charge is 0.251 e. The largest absolute Gasteiger partial charge is 0.384 e. The monoisotopic (exact) mass is 249 g/mol. The number of allylic oxidation sites excluding steroid dienone is 1. The molecule has 0 saturated heterocycles. The number of halogens is 1.